The molecule has 1 fully saturated rings. The summed E-state index contributed by atoms with van der Waals surface area (Å²) in [5, 5.41) is 0.886. The molecule has 160 valence electrons. The lowest BCUT2D eigenvalue weighted by Gasteiger charge is -2.26. The number of pyridine rings is 2. The van der Waals surface area contributed by atoms with Gasteiger partial charge in [-0.05, 0) is 31.0 Å². The van der Waals surface area contributed by atoms with Crippen LogP contribution in [0.4, 0.5) is 0 Å². The summed E-state index contributed by atoms with van der Waals surface area (Å²) in [4.78, 5) is 23.3. The zero-order chi connectivity index (χ0) is 21.1. The summed E-state index contributed by atoms with van der Waals surface area (Å²) in [5.41, 5.74) is 4.38. The van der Waals surface area contributed by atoms with Crippen molar-refractivity contribution in [2.45, 2.75) is 39.8 Å². The number of fused-ring (bicyclic) bond motifs is 1. The van der Waals surface area contributed by atoms with Crippen LogP contribution in [0.15, 0.2) is 29.3 Å². The third-order valence-corrected chi connectivity index (χ3v) is 5.65. The number of hydrogen-bond acceptors (Lipinski definition) is 5. The Hall–Kier alpha value is -2.64. The molecule has 0 amide bonds. The van der Waals surface area contributed by atoms with Crippen molar-refractivity contribution < 1.29 is 9.47 Å². The highest BCUT2D eigenvalue weighted by Gasteiger charge is 2.18. The van der Waals surface area contributed by atoms with Crippen molar-refractivity contribution in [3.05, 3.63) is 46.1 Å². The summed E-state index contributed by atoms with van der Waals surface area (Å²) in [7, 11) is 1.67. The lowest BCUT2D eigenvalue weighted by molar-refractivity contribution is 0.0341. The van der Waals surface area contributed by atoms with Gasteiger partial charge in [-0.2, -0.15) is 0 Å². The van der Waals surface area contributed by atoms with Crippen LogP contribution in [0.5, 0.6) is 5.75 Å². The topological polar surface area (TPSA) is 72.4 Å². The van der Waals surface area contributed by atoms with Gasteiger partial charge in [0, 0.05) is 55.2 Å². The van der Waals surface area contributed by atoms with E-state index in [9.17, 15) is 4.79 Å². The van der Waals surface area contributed by atoms with E-state index >= 15 is 0 Å². The van der Waals surface area contributed by atoms with Crippen LogP contribution in [0.2, 0.25) is 0 Å². The number of aryl methyl sites for hydroxylation is 2. The number of H-pyrrole nitrogens is 1. The maximum absolute atomic E-state index is 12.9. The molecule has 0 bridgehead atoms. The van der Waals surface area contributed by atoms with Crippen molar-refractivity contribution in [3.63, 3.8) is 0 Å². The third-order valence-electron chi connectivity index (χ3n) is 5.65. The molecule has 1 aliphatic rings. The SMILES string of the molecule is CCCCn1cc(-c2ncc(CN3CCOCC3)cc2OC)c2cc(C)[nH]c2c1=O. The fraction of sp³-hybridized carbons (Fsp3) is 0.478. The Morgan fingerprint density at radius 3 is 2.80 bits per heavy atom. The maximum atomic E-state index is 12.9. The molecule has 3 aromatic rings. The summed E-state index contributed by atoms with van der Waals surface area (Å²) in [6.45, 7) is 9.00. The first-order valence-corrected chi connectivity index (χ1v) is 10.7. The predicted molar refractivity (Wildman–Crippen MR) is 118 cm³/mol. The van der Waals surface area contributed by atoms with E-state index < -0.39 is 0 Å². The molecular formula is C23H30N4O3. The Morgan fingerprint density at radius 2 is 2.07 bits per heavy atom. The highest BCUT2D eigenvalue weighted by atomic mass is 16.5. The van der Waals surface area contributed by atoms with E-state index in [1.54, 1.807) is 11.7 Å². The average Bonchev–Trinajstić information content (AvgIpc) is 3.16. The Kier molecular flexibility index (Phi) is 6.20. The quantitative estimate of drug-likeness (QED) is 0.647. The molecule has 0 spiro atoms. The number of nitrogens with one attached hydrogen (secondary N) is 1. The second kappa shape index (κ2) is 9.02. The number of rotatable bonds is 7. The number of unbranched alkanes of at least 4 members (excludes halogenated alkanes) is 1. The molecule has 0 saturated carbocycles. The largest absolute Gasteiger partial charge is 0.494 e. The first-order chi connectivity index (χ1) is 14.6. The molecule has 0 aromatic carbocycles. The van der Waals surface area contributed by atoms with E-state index in [2.05, 4.69) is 22.9 Å². The molecule has 7 heteroatoms. The molecular weight excluding hydrogens is 380 g/mol. The van der Waals surface area contributed by atoms with Crippen LogP contribution in [0.3, 0.4) is 0 Å². The second-order valence-electron chi connectivity index (χ2n) is 7.92. The predicted octanol–water partition coefficient (Wildman–Crippen LogP) is 3.34. The van der Waals surface area contributed by atoms with Crippen LogP contribution in [0.25, 0.3) is 22.2 Å². The fourth-order valence-electron chi connectivity index (χ4n) is 4.03. The van der Waals surface area contributed by atoms with E-state index in [1.807, 2.05) is 25.4 Å². The molecule has 0 radical (unpaired) electrons. The Morgan fingerprint density at radius 1 is 1.27 bits per heavy atom. The van der Waals surface area contributed by atoms with E-state index in [0.717, 1.165) is 79.3 Å². The van der Waals surface area contributed by atoms with E-state index in [-0.39, 0.29) is 5.56 Å². The monoisotopic (exact) mass is 410 g/mol. The van der Waals surface area contributed by atoms with Gasteiger partial charge in [0.2, 0.25) is 0 Å². The van der Waals surface area contributed by atoms with Crippen LogP contribution >= 0.6 is 0 Å². The summed E-state index contributed by atoms with van der Waals surface area (Å²) < 4.78 is 13.0. The van der Waals surface area contributed by atoms with Gasteiger partial charge >= 0.3 is 0 Å². The van der Waals surface area contributed by atoms with Crippen molar-refractivity contribution in [2.75, 3.05) is 33.4 Å². The number of aromatic amines is 1. The first kappa shape index (κ1) is 20.6. The minimum atomic E-state index is 0.0122. The van der Waals surface area contributed by atoms with Crippen molar-refractivity contribution >= 4 is 10.9 Å². The standard InChI is InChI=1S/C23H30N4O3/c1-4-5-6-27-15-19(18-11-16(2)25-22(18)23(27)28)21-20(29-3)12-17(13-24-21)14-26-7-9-30-10-8-26/h11-13,15,25H,4-10,14H2,1-3H3. The highest BCUT2D eigenvalue weighted by molar-refractivity contribution is 5.95. The number of methoxy groups -OCH3 is 1. The minimum Gasteiger partial charge on any atom is -0.494 e. The molecule has 1 N–H and O–H groups in total. The maximum Gasteiger partial charge on any atom is 0.274 e. The Bertz CT molecular complexity index is 1080. The van der Waals surface area contributed by atoms with Crippen molar-refractivity contribution in [1.29, 1.82) is 0 Å². The van der Waals surface area contributed by atoms with Gasteiger partial charge < -0.3 is 19.0 Å². The molecule has 1 saturated heterocycles. The normalized spacial score (nSPS) is 15.0. The smallest absolute Gasteiger partial charge is 0.274 e. The summed E-state index contributed by atoms with van der Waals surface area (Å²) in [5.74, 6) is 0.724. The molecule has 4 heterocycles. The zero-order valence-electron chi connectivity index (χ0n) is 18.0. The molecule has 0 aliphatic carbocycles. The summed E-state index contributed by atoms with van der Waals surface area (Å²) in [6.07, 6.45) is 5.83. The van der Waals surface area contributed by atoms with Gasteiger partial charge in [0.05, 0.1) is 20.3 Å². The lowest BCUT2D eigenvalue weighted by atomic mass is 10.1. The van der Waals surface area contributed by atoms with Crippen LogP contribution in [-0.4, -0.2) is 52.8 Å². The lowest BCUT2D eigenvalue weighted by Crippen LogP contribution is -2.35. The first-order valence-electron chi connectivity index (χ1n) is 10.7. The van der Waals surface area contributed by atoms with Gasteiger partial charge in [0.15, 0.2) is 0 Å². The van der Waals surface area contributed by atoms with Crippen LogP contribution < -0.4 is 10.3 Å². The minimum absolute atomic E-state index is 0.0122. The summed E-state index contributed by atoms with van der Waals surface area (Å²) >= 11 is 0. The second-order valence-corrected chi connectivity index (χ2v) is 7.92. The molecule has 0 atom stereocenters. The Labute approximate surface area is 176 Å². The van der Waals surface area contributed by atoms with Gasteiger partial charge in [0.1, 0.15) is 17.0 Å². The average molecular weight is 411 g/mol. The third kappa shape index (κ3) is 4.13. The molecule has 1 aliphatic heterocycles. The number of hydrogen-bond donors (Lipinski definition) is 1. The molecule has 7 nitrogen and oxygen atoms in total. The van der Waals surface area contributed by atoms with Gasteiger partial charge in [-0.15, -0.1) is 0 Å². The fourth-order valence-corrected chi connectivity index (χ4v) is 4.03. The van der Waals surface area contributed by atoms with E-state index in [0.29, 0.717) is 12.1 Å². The van der Waals surface area contributed by atoms with Gasteiger partial charge in [-0.1, -0.05) is 13.3 Å². The molecule has 4 rings (SSSR count). The number of ether oxygens (including phenoxy) is 2. The summed E-state index contributed by atoms with van der Waals surface area (Å²) in [6, 6.07) is 4.07. The number of nitrogens with zero attached hydrogens (tertiary/aromatic N) is 3. The van der Waals surface area contributed by atoms with Gasteiger partial charge in [-0.3, -0.25) is 14.7 Å². The van der Waals surface area contributed by atoms with E-state index in [4.69, 9.17) is 14.5 Å². The van der Waals surface area contributed by atoms with E-state index in [1.165, 1.54) is 0 Å². The van der Waals surface area contributed by atoms with Gasteiger partial charge in [-0.25, -0.2) is 0 Å². The molecule has 30 heavy (non-hydrogen) atoms. The van der Waals surface area contributed by atoms with Crippen molar-refractivity contribution in [2.24, 2.45) is 0 Å². The van der Waals surface area contributed by atoms with Crippen LogP contribution in [0.1, 0.15) is 31.0 Å². The van der Waals surface area contributed by atoms with Gasteiger partial charge in [0.25, 0.3) is 5.56 Å². The van der Waals surface area contributed by atoms with Crippen molar-refractivity contribution in [1.82, 2.24) is 19.4 Å². The number of aromatic nitrogens is 3. The zero-order valence-corrected chi connectivity index (χ0v) is 18.0. The van der Waals surface area contributed by atoms with Crippen molar-refractivity contribution in [3.8, 4) is 17.0 Å². The van der Waals surface area contributed by atoms with Crippen LogP contribution in [0, 0.1) is 6.92 Å². The highest BCUT2D eigenvalue weighted by Crippen LogP contribution is 2.33. The number of morpholine rings is 1. The molecule has 0 unspecified atom stereocenters. The molecule has 3 aromatic heterocycles. The van der Waals surface area contributed by atoms with Crippen LogP contribution in [-0.2, 0) is 17.8 Å². The Balaban J connectivity index is 1.76.